The largest absolute Gasteiger partial charge is 0.478 e. The Hall–Kier alpha value is -5.64. The van der Waals surface area contributed by atoms with E-state index in [0.717, 1.165) is 11.1 Å². The summed E-state index contributed by atoms with van der Waals surface area (Å²) in [6, 6.07) is 36.2. The molecule has 0 heterocycles. The first kappa shape index (κ1) is 33.7. The zero-order valence-electron chi connectivity index (χ0n) is 25.6. The van der Waals surface area contributed by atoms with Crippen molar-refractivity contribution in [3.63, 3.8) is 0 Å². The molecule has 3 amide bonds. The monoisotopic (exact) mass is 675 g/mol. The lowest BCUT2D eigenvalue weighted by Crippen LogP contribution is -2.30. The van der Waals surface area contributed by atoms with Crippen molar-refractivity contribution >= 4 is 64.5 Å². The van der Waals surface area contributed by atoms with Crippen LogP contribution in [0.2, 0.25) is 5.02 Å². The molecule has 240 valence electrons. The normalized spacial score (nSPS) is 11.7. The molecule has 10 heteroatoms. The molecule has 0 bridgehead atoms. The van der Waals surface area contributed by atoms with E-state index < -0.39 is 23.0 Å². The van der Waals surface area contributed by atoms with Crippen molar-refractivity contribution in [2.24, 2.45) is 0 Å². The molecule has 48 heavy (non-hydrogen) atoms. The lowest BCUT2D eigenvalue weighted by Gasteiger charge is -2.19. The molecule has 0 saturated heterocycles. The van der Waals surface area contributed by atoms with Crippen LogP contribution < -0.4 is 16.0 Å². The van der Waals surface area contributed by atoms with Crippen LogP contribution in [0.1, 0.15) is 42.7 Å². The van der Waals surface area contributed by atoms with Crippen molar-refractivity contribution in [3.8, 4) is 0 Å². The Morgan fingerprint density at radius 3 is 2.12 bits per heavy atom. The molecule has 0 aliphatic rings. The van der Waals surface area contributed by atoms with E-state index in [1.807, 2.05) is 36.4 Å². The summed E-state index contributed by atoms with van der Waals surface area (Å²) >= 11 is 7.31. The SMILES string of the molecule is Cc1ccc(C(=O)O)cc1NC(=O)C(Sc1cccc(NC(=O)/C(=C\c2ccc(Cl)cc2)NC(=O)c2ccccc2)c1)c1ccccc1. The third-order valence-corrected chi connectivity index (χ3v) is 8.64. The van der Waals surface area contributed by atoms with Gasteiger partial charge in [-0.3, -0.25) is 14.4 Å². The van der Waals surface area contributed by atoms with E-state index in [-0.39, 0.29) is 17.2 Å². The van der Waals surface area contributed by atoms with Crippen molar-refractivity contribution in [2.75, 3.05) is 10.6 Å². The topological polar surface area (TPSA) is 125 Å². The van der Waals surface area contributed by atoms with Gasteiger partial charge >= 0.3 is 5.97 Å². The molecule has 4 N–H and O–H groups in total. The number of rotatable bonds is 11. The Balaban J connectivity index is 1.38. The fraction of sp³-hybridized carbons (Fsp3) is 0.0526. The average molecular weight is 676 g/mol. The van der Waals surface area contributed by atoms with Crippen LogP contribution in [-0.4, -0.2) is 28.8 Å². The van der Waals surface area contributed by atoms with Crippen LogP contribution >= 0.6 is 23.4 Å². The number of benzene rings is 5. The van der Waals surface area contributed by atoms with E-state index in [9.17, 15) is 24.3 Å². The summed E-state index contributed by atoms with van der Waals surface area (Å²) < 4.78 is 0. The quantitative estimate of drug-likeness (QED) is 0.0826. The van der Waals surface area contributed by atoms with Crippen molar-refractivity contribution in [3.05, 3.63) is 166 Å². The van der Waals surface area contributed by atoms with Crippen LogP contribution in [0.25, 0.3) is 6.08 Å². The van der Waals surface area contributed by atoms with Gasteiger partial charge in [0.1, 0.15) is 10.9 Å². The van der Waals surface area contributed by atoms with Gasteiger partial charge in [-0.25, -0.2) is 4.79 Å². The molecule has 8 nitrogen and oxygen atoms in total. The third-order valence-electron chi connectivity index (χ3n) is 7.14. The standard InChI is InChI=1S/C38H30ClN3O5S/c1-24-15-18-28(38(46)47)22-32(24)41-37(45)34(26-9-4-2-5-10-26)48-31-14-8-13-30(23-31)40-36(44)33(21-25-16-19-29(39)20-17-25)42-35(43)27-11-6-3-7-12-27/h2-23,34H,1H3,(H,40,44)(H,41,45)(H,42,43)(H,46,47)/b33-21+. The minimum atomic E-state index is -1.09. The predicted octanol–water partition coefficient (Wildman–Crippen LogP) is 8.23. The van der Waals surface area contributed by atoms with E-state index in [0.29, 0.717) is 32.4 Å². The van der Waals surface area contributed by atoms with Gasteiger partial charge in [0.2, 0.25) is 5.91 Å². The number of thioether (sulfide) groups is 1. The number of halogens is 1. The van der Waals surface area contributed by atoms with Crippen molar-refractivity contribution in [1.82, 2.24) is 5.32 Å². The third kappa shape index (κ3) is 9.00. The Bertz CT molecular complexity index is 1980. The highest BCUT2D eigenvalue weighted by Gasteiger charge is 2.24. The zero-order chi connectivity index (χ0) is 34.0. The first-order chi connectivity index (χ1) is 23.2. The predicted molar refractivity (Wildman–Crippen MR) is 190 cm³/mol. The smallest absolute Gasteiger partial charge is 0.335 e. The molecule has 5 aromatic carbocycles. The van der Waals surface area contributed by atoms with Crippen molar-refractivity contribution in [2.45, 2.75) is 17.1 Å². The molecule has 0 aromatic heterocycles. The number of carboxylic acid groups (broad SMARTS) is 1. The molecule has 0 spiro atoms. The number of carbonyl (C=O) groups excluding carboxylic acids is 3. The van der Waals surface area contributed by atoms with E-state index in [4.69, 9.17) is 11.6 Å². The highest BCUT2D eigenvalue weighted by atomic mass is 35.5. The highest BCUT2D eigenvalue weighted by molar-refractivity contribution is 8.00. The van der Waals surface area contributed by atoms with Gasteiger partial charge < -0.3 is 21.1 Å². The molecule has 0 radical (unpaired) electrons. The molecule has 0 saturated carbocycles. The number of carbonyl (C=O) groups is 4. The number of hydrogen-bond donors (Lipinski definition) is 4. The average Bonchev–Trinajstić information content (AvgIpc) is 3.09. The molecule has 0 aliphatic heterocycles. The molecule has 1 atom stereocenters. The summed E-state index contributed by atoms with van der Waals surface area (Å²) in [5, 5.41) is 17.7. The Morgan fingerprint density at radius 1 is 0.750 bits per heavy atom. The van der Waals surface area contributed by atoms with Gasteiger partial charge in [-0.05, 0) is 84.3 Å². The Kier molecular flexibility index (Phi) is 11.1. The Morgan fingerprint density at radius 2 is 1.44 bits per heavy atom. The van der Waals surface area contributed by atoms with Gasteiger partial charge in [0, 0.05) is 26.9 Å². The number of nitrogens with one attached hydrogen (secondary N) is 3. The summed E-state index contributed by atoms with van der Waals surface area (Å²) in [4.78, 5) is 52.5. The van der Waals surface area contributed by atoms with Crippen LogP contribution in [-0.2, 0) is 9.59 Å². The second-order valence-electron chi connectivity index (χ2n) is 10.6. The Labute approximate surface area is 286 Å². The number of aromatic carboxylic acids is 1. The summed E-state index contributed by atoms with van der Waals surface area (Å²) in [5.41, 5.74) is 3.43. The second-order valence-corrected chi connectivity index (χ2v) is 12.3. The zero-order valence-corrected chi connectivity index (χ0v) is 27.2. The first-order valence-electron chi connectivity index (χ1n) is 14.8. The van der Waals surface area contributed by atoms with E-state index in [2.05, 4.69) is 16.0 Å². The van der Waals surface area contributed by atoms with Gasteiger partial charge in [-0.15, -0.1) is 11.8 Å². The molecule has 1 unspecified atom stereocenters. The fourth-order valence-corrected chi connectivity index (χ4v) is 5.85. The molecule has 5 rings (SSSR count). The van der Waals surface area contributed by atoms with Gasteiger partial charge in [-0.2, -0.15) is 0 Å². The minimum Gasteiger partial charge on any atom is -0.478 e. The van der Waals surface area contributed by atoms with Crippen molar-refractivity contribution in [1.29, 1.82) is 0 Å². The van der Waals surface area contributed by atoms with Gasteiger partial charge in [0.05, 0.1) is 5.56 Å². The maximum atomic E-state index is 13.7. The van der Waals surface area contributed by atoms with E-state index in [1.54, 1.807) is 91.9 Å². The molecule has 0 fully saturated rings. The van der Waals surface area contributed by atoms with Crippen LogP contribution in [0.5, 0.6) is 0 Å². The molecule has 0 aliphatic carbocycles. The van der Waals surface area contributed by atoms with Crippen LogP contribution in [0.15, 0.2) is 138 Å². The number of anilines is 2. The summed E-state index contributed by atoms with van der Waals surface area (Å²) in [6.07, 6.45) is 1.56. The second kappa shape index (κ2) is 15.8. The van der Waals surface area contributed by atoms with Gasteiger partial charge in [0.15, 0.2) is 0 Å². The minimum absolute atomic E-state index is 0.0183. The maximum Gasteiger partial charge on any atom is 0.335 e. The molecule has 5 aromatic rings. The fourth-order valence-electron chi connectivity index (χ4n) is 4.64. The number of hydrogen-bond acceptors (Lipinski definition) is 5. The summed E-state index contributed by atoms with van der Waals surface area (Å²) in [5.74, 6) is -2.44. The summed E-state index contributed by atoms with van der Waals surface area (Å²) in [6.45, 7) is 1.79. The van der Waals surface area contributed by atoms with Crippen LogP contribution in [0.3, 0.4) is 0 Å². The number of carboxylic acids is 1. The highest BCUT2D eigenvalue weighted by Crippen LogP contribution is 2.37. The number of aryl methyl sites for hydroxylation is 1. The van der Waals surface area contributed by atoms with Crippen molar-refractivity contribution < 1.29 is 24.3 Å². The van der Waals surface area contributed by atoms with E-state index >= 15 is 0 Å². The molecular weight excluding hydrogens is 646 g/mol. The maximum absolute atomic E-state index is 13.7. The van der Waals surface area contributed by atoms with Crippen LogP contribution in [0, 0.1) is 6.92 Å². The first-order valence-corrected chi connectivity index (χ1v) is 16.0. The van der Waals surface area contributed by atoms with Gasteiger partial charge in [-0.1, -0.05) is 84.4 Å². The lowest BCUT2D eigenvalue weighted by molar-refractivity contribution is -0.116. The van der Waals surface area contributed by atoms with Gasteiger partial charge in [0.25, 0.3) is 11.8 Å². The molecular formula is C38H30ClN3O5S. The summed E-state index contributed by atoms with van der Waals surface area (Å²) in [7, 11) is 0. The van der Waals surface area contributed by atoms with E-state index in [1.165, 1.54) is 23.9 Å². The lowest BCUT2D eigenvalue weighted by atomic mass is 10.1. The van der Waals surface area contributed by atoms with Crippen LogP contribution in [0.4, 0.5) is 11.4 Å². The number of amides is 3.